The zero-order valence-corrected chi connectivity index (χ0v) is 8.26. The largest absolute Gasteiger partial charge is 0.302 e. The molecule has 0 saturated carbocycles. The number of halogens is 1. The van der Waals surface area contributed by atoms with Gasteiger partial charge in [0.2, 0.25) is 0 Å². The predicted octanol–water partition coefficient (Wildman–Crippen LogP) is 2.67. The summed E-state index contributed by atoms with van der Waals surface area (Å²) in [6.45, 7) is 4.13. The normalized spacial score (nSPS) is 10.8. The third-order valence-corrected chi connectivity index (χ3v) is 1.97. The van der Waals surface area contributed by atoms with Crippen molar-refractivity contribution in [3.63, 3.8) is 0 Å². The summed E-state index contributed by atoms with van der Waals surface area (Å²) >= 11 is 0. The summed E-state index contributed by atoms with van der Waals surface area (Å²) in [6.07, 6.45) is 1.15. The summed E-state index contributed by atoms with van der Waals surface area (Å²) in [5, 5.41) is 0. The maximum Gasteiger partial charge on any atom is 0.123 e. The Bertz CT molecular complexity index is 243. The smallest absolute Gasteiger partial charge is 0.123 e. The minimum absolute atomic E-state index is 0.165. The number of nitrogens with zero attached hydrogens (tertiary/aromatic N) is 1. The van der Waals surface area contributed by atoms with Gasteiger partial charge in [-0.15, -0.1) is 0 Å². The second-order valence-electron chi connectivity index (χ2n) is 3.36. The zero-order chi connectivity index (χ0) is 9.68. The molecule has 0 atom stereocenters. The number of benzene rings is 1. The Labute approximate surface area is 79.2 Å². The molecule has 1 rings (SSSR count). The van der Waals surface area contributed by atoms with Gasteiger partial charge in [-0.05, 0) is 37.7 Å². The topological polar surface area (TPSA) is 3.24 Å². The van der Waals surface area contributed by atoms with Gasteiger partial charge >= 0.3 is 0 Å². The summed E-state index contributed by atoms with van der Waals surface area (Å²) in [7, 11) is 2.08. The van der Waals surface area contributed by atoms with Gasteiger partial charge in [0.15, 0.2) is 0 Å². The van der Waals surface area contributed by atoms with Crippen LogP contribution < -0.4 is 0 Å². The fraction of sp³-hybridized carbons (Fsp3) is 0.455. The molecule has 1 nitrogen and oxygen atoms in total. The first-order chi connectivity index (χ1) is 6.22. The summed E-state index contributed by atoms with van der Waals surface area (Å²) in [5.74, 6) is -0.165. The average Bonchev–Trinajstić information content (AvgIpc) is 2.09. The van der Waals surface area contributed by atoms with Crippen molar-refractivity contribution in [2.45, 2.75) is 19.9 Å². The summed E-state index contributed by atoms with van der Waals surface area (Å²) in [6, 6.07) is 6.69. The molecule has 0 bridgehead atoms. The molecule has 0 heterocycles. The van der Waals surface area contributed by atoms with E-state index in [-0.39, 0.29) is 5.82 Å². The van der Waals surface area contributed by atoms with Crippen LogP contribution in [0.3, 0.4) is 0 Å². The number of hydrogen-bond donors (Lipinski definition) is 0. The molecule has 0 N–H and O–H groups in total. The lowest BCUT2D eigenvalue weighted by Gasteiger charge is -2.14. The van der Waals surface area contributed by atoms with E-state index in [9.17, 15) is 4.39 Å². The van der Waals surface area contributed by atoms with Crippen LogP contribution in [0.1, 0.15) is 18.9 Å². The van der Waals surface area contributed by atoms with Gasteiger partial charge in [0, 0.05) is 6.54 Å². The van der Waals surface area contributed by atoms with Crippen molar-refractivity contribution in [1.29, 1.82) is 0 Å². The Morgan fingerprint density at radius 3 is 2.38 bits per heavy atom. The first-order valence-electron chi connectivity index (χ1n) is 4.65. The Morgan fingerprint density at radius 2 is 1.85 bits per heavy atom. The van der Waals surface area contributed by atoms with Crippen molar-refractivity contribution in [2.24, 2.45) is 0 Å². The van der Waals surface area contributed by atoms with Crippen LogP contribution in [0.5, 0.6) is 0 Å². The fourth-order valence-electron chi connectivity index (χ4n) is 1.36. The van der Waals surface area contributed by atoms with E-state index in [0.29, 0.717) is 0 Å². The van der Waals surface area contributed by atoms with E-state index in [2.05, 4.69) is 18.9 Å². The zero-order valence-electron chi connectivity index (χ0n) is 8.26. The molecule has 13 heavy (non-hydrogen) atoms. The molecule has 1 aromatic rings. The molecule has 0 unspecified atom stereocenters. The SMILES string of the molecule is CCCN(C)Cc1ccc(F)cc1. The van der Waals surface area contributed by atoms with Gasteiger partial charge in [-0.3, -0.25) is 0 Å². The molecular weight excluding hydrogens is 165 g/mol. The number of hydrogen-bond acceptors (Lipinski definition) is 1. The van der Waals surface area contributed by atoms with Gasteiger partial charge in [-0.2, -0.15) is 0 Å². The van der Waals surface area contributed by atoms with Crippen molar-refractivity contribution >= 4 is 0 Å². The summed E-state index contributed by atoms with van der Waals surface area (Å²) < 4.78 is 12.6. The van der Waals surface area contributed by atoms with E-state index in [0.717, 1.165) is 25.1 Å². The van der Waals surface area contributed by atoms with Gasteiger partial charge in [0.1, 0.15) is 5.82 Å². The summed E-state index contributed by atoms with van der Waals surface area (Å²) in [4.78, 5) is 2.23. The lowest BCUT2D eigenvalue weighted by molar-refractivity contribution is 0.327. The number of rotatable bonds is 4. The van der Waals surface area contributed by atoms with E-state index < -0.39 is 0 Å². The average molecular weight is 181 g/mol. The third kappa shape index (κ3) is 3.55. The van der Waals surface area contributed by atoms with Crippen LogP contribution in [-0.2, 0) is 6.54 Å². The Morgan fingerprint density at radius 1 is 1.23 bits per heavy atom. The molecule has 1 aromatic carbocycles. The quantitative estimate of drug-likeness (QED) is 0.690. The second-order valence-corrected chi connectivity index (χ2v) is 3.36. The molecule has 0 fully saturated rings. The van der Waals surface area contributed by atoms with Crippen LogP contribution in [0.4, 0.5) is 4.39 Å². The highest BCUT2D eigenvalue weighted by molar-refractivity contribution is 5.15. The second kappa shape index (κ2) is 4.97. The Hall–Kier alpha value is -0.890. The minimum Gasteiger partial charge on any atom is -0.302 e. The van der Waals surface area contributed by atoms with Gasteiger partial charge in [0.05, 0.1) is 0 Å². The molecule has 0 aromatic heterocycles. The first-order valence-corrected chi connectivity index (χ1v) is 4.65. The standard InChI is InChI=1S/C11H16FN/c1-3-8-13(2)9-10-4-6-11(12)7-5-10/h4-7H,3,8-9H2,1-2H3. The molecule has 0 radical (unpaired) electrons. The van der Waals surface area contributed by atoms with Crippen molar-refractivity contribution in [1.82, 2.24) is 4.90 Å². The monoisotopic (exact) mass is 181 g/mol. The molecule has 0 saturated heterocycles. The van der Waals surface area contributed by atoms with Crippen LogP contribution in [0.25, 0.3) is 0 Å². The van der Waals surface area contributed by atoms with E-state index in [4.69, 9.17) is 0 Å². The first kappa shape index (κ1) is 10.2. The molecular formula is C11H16FN. The van der Waals surface area contributed by atoms with Crippen molar-refractivity contribution in [3.05, 3.63) is 35.6 Å². The molecule has 0 spiro atoms. The lowest BCUT2D eigenvalue weighted by atomic mass is 10.2. The van der Waals surface area contributed by atoms with Crippen molar-refractivity contribution < 1.29 is 4.39 Å². The van der Waals surface area contributed by atoms with Gasteiger partial charge in [0.25, 0.3) is 0 Å². The molecule has 0 aliphatic carbocycles. The van der Waals surface area contributed by atoms with Gasteiger partial charge in [-0.1, -0.05) is 19.1 Å². The molecule has 0 aliphatic rings. The van der Waals surface area contributed by atoms with E-state index in [1.807, 2.05) is 12.1 Å². The molecule has 2 heteroatoms. The third-order valence-electron chi connectivity index (χ3n) is 1.97. The van der Waals surface area contributed by atoms with E-state index >= 15 is 0 Å². The Kier molecular flexibility index (Phi) is 3.90. The van der Waals surface area contributed by atoms with Crippen LogP contribution >= 0.6 is 0 Å². The van der Waals surface area contributed by atoms with Crippen LogP contribution in [-0.4, -0.2) is 18.5 Å². The van der Waals surface area contributed by atoms with E-state index in [1.165, 1.54) is 12.1 Å². The molecule has 0 amide bonds. The van der Waals surface area contributed by atoms with Crippen LogP contribution in [0.2, 0.25) is 0 Å². The van der Waals surface area contributed by atoms with Gasteiger partial charge < -0.3 is 4.90 Å². The van der Waals surface area contributed by atoms with Crippen molar-refractivity contribution in [3.8, 4) is 0 Å². The predicted molar refractivity (Wildman–Crippen MR) is 53.0 cm³/mol. The Balaban J connectivity index is 2.49. The minimum atomic E-state index is -0.165. The van der Waals surface area contributed by atoms with E-state index in [1.54, 1.807) is 0 Å². The van der Waals surface area contributed by atoms with Crippen molar-refractivity contribution in [2.75, 3.05) is 13.6 Å². The fourth-order valence-corrected chi connectivity index (χ4v) is 1.36. The highest BCUT2D eigenvalue weighted by Crippen LogP contribution is 2.05. The highest BCUT2D eigenvalue weighted by atomic mass is 19.1. The van der Waals surface area contributed by atoms with Crippen LogP contribution in [0.15, 0.2) is 24.3 Å². The highest BCUT2D eigenvalue weighted by Gasteiger charge is 1.98. The maximum atomic E-state index is 12.6. The maximum absolute atomic E-state index is 12.6. The van der Waals surface area contributed by atoms with Crippen LogP contribution in [0, 0.1) is 5.82 Å². The lowest BCUT2D eigenvalue weighted by Crippen LogP contribution is -2.18. The molecule has 0 aliphatic heterocycles. The van der Waals surface area contributed by atoms with Gasteiger partial charge in [-0.25, -0.2) is 4.39 Å². The summed E-state index contributed by atoms with van der Waals surface area (Å²) in [5.41, 5.74) is 1.16. The molecule has 72 valence electrons.